The van der Waals surface area contributed by atoms with Crippen LogP contribution in [0.2, 0.25) is 0 Å². The zero-order valence-electron chi connectivity index (χ0n) is 15.5. The topological polar surface area (TPSA) is 68.0 Å². The second-order valence-corrected chi connectivity index (χ2v) is 8.18. The minimum Gasteiger partial charge on any atom is -0.356 e. The largest absolute Gasteiger partial charge is 0.356 e. The first-order chi connectivity index (χ1) is 12.6. The van der Waals surface area contributed by atoms with Crippen LogP contribution in [-0.4, -0.2) is 22.6 Å². The van der Waals surface area contributed by atoms with E-state index in [9.17, 15) is 4.79 Å². The maximum absolute atomic E-state index is 12.9. The summed E-state index contributed by atoms with van der Waals surface area (Å²) in [7, 11) is 0. The summed E-state index contributed by atoms with van der Waals surface area (Å²) in [6, 6.07) is 9.86. The predicted octanol–water partition coefficient (Wildman–Crippen LogP) is 4.03. The Labute approximate surface area is 154 Å². The van der Waals surface area contributed by atoms with E-state index < -0.39 is 0 Å². The zero-order valence-corrected chi connectivity index (χ0v) is 15.5. The van der Waals surface area contributed by atoms with Gasteiger partial charge in [0.25, 0.3) is 0 Å². The Balaban J connectivity index is 1.53. The van der Waals surface area contributed by atoms with E-state index in [1.165, 1.54) is 0 Å². The van der Waals surface area contributed by atoms with Crippen LogP contribution in [0.5, 0.6) is 0 Å². The van der Waals surface area contributed by atoms with Gasteiger partial charge in [-0.3, -0.25) is 4.79 Å². The van der Waals surface area contributed by atoms with E-state index in [2.05, 4.69) is 29.3 Å². The summed E-state index contributed by atoms with van der Waals surface area (Å²) in [5, 5.41) is 7.33. The van der Waals surface area contributed by atoms with Gasteiger partial charge in [0.05, 0.1) is 11.8 Å². The molecule has 138 valence electrons. The van der Waals surface area contributed by atoms with Crippen LogP contribution in [0.15, 0.2) is 34.9 Å². The Hall–Kier alpha value is -2.17. The third-order valence-corrected chi connectivity index (χ3v) is 6.00. The van der Waals surface area contributed by atoms with E-state index in [4.69, 9.17) is 4.52 Å². The maximum Gasteiger partial charge on any atom is 0.231 e. The highest BCUT2D eigenvalue weighted by Crippen LogP contribution is 2.56. The molecule has 2 saturated carbocycles. The molecule has 0 saturated heterocycles. The minimum absolute atomic E-state index is 0.0232. The van der Waals surface area contributed by atoms with Gasteiger partial charge in [-0.15, -0.1) is 0 Å². The lowest BCUT2D eigenvalue weighted by Crippen LogP contribution is -2.38. The first-order valence-electron chi connectivity index (χ1n) is 9.80. The molecular formula is C21H27N3O2. The van der Waals surface area contributed by atoms with E-state index >= 15 is 0 Å². The molecular weight excluding hydrogens is 326 g/mol. The molecule has 4 atom stereocenters. The summed E-state index contributed by atoms with van der Waals surface area (Å²) >= 11 is 0. The number of fused-ring (bicyclic) bond motifs is 2. The molecule has 1 aromatic heterocycles. The predicted molar refractivity (Wildman–Crippen MR) is 99.3 cm³/mol. The third-order valence-electron chi connectivity index (χ3n) is 6.00. The number of amides is 1. The van der Waals surface area contributed by atoms with E-state index in [0.717, 1.165) is 37.8 Å². The van der Waals surface area contributed by atoms with E-state index in [-0.39, 0.29) is 17.7 Å². The van der Waals surface area contributed by atoms with Crippen LogP contribution < -0.4 is 5.32 Å². The van der Waals surface area contributed by atoms with Crippen LogP contribution in [0.4, 0.5) is 0 Å². The number of rotatable bonds is 6. The standard InChI is InChI=1S/C21H27N3O2/c1-13(2)10-11-22-20(25)17-15-8-9-16(12-15)18(17)21-23-19(24-26-21)14-6-4-3-5-7-14/h3-7,13,15-18H,8-12H2,1-2H3,(H,22,25)/t15-,16+,17-,18-/m0/s1. The lowest BCUT2D eigenvalue weighted by atomic mass is 9.78. The molecule has 0 unspecified atom stereocenters. The lowest BCUT2D eigenvalue weighted by Gasteiger charge is -2.27. The van der Waals surface area contributed by atoms with Gasteiger partial charge in [-0.05, 0) is 43.4 Å². The van der Waals surface area contributed by atoms with Crippen molar-refractivity contribution < 1.29 is 9.32 Å². The van der Waals surface area contributed by atoms with Gasteiger partial charge in [-0.1, -0.05) is 49.3 Å². The normalized spacial score (nSPS) is 27.2. The van der Waals surface area contributed by atoms with Gasteiger partial charge in [0.15, 0.2) is 0 Å². The molecule has 1 amide bonds. The quantitative estimate of drug-likeness (QED) is 0.851. The smallest absolute Gasteiger partial charge is 0.231 e. The number of benzene rings is 1. The van der Waals surface area contributed by atoms with Crippen molar-refractivity contribution in [2.75, 3.05) is 6.54 Å². The number of carbonyl (C=O) groups is 1. The number of aromatic nitrogens is 2. The Morgan fingerprint density at radius 2 is 2.00 bits per heavy atom. The molecule has 0 radical (unpaired) electrons. The molecule has 2 fully saturated rings. The average molecular weight is 353 g/mol. The first-order valence-corrected chi connectivity index (χ1v) is 9.80. The number of nitrogens with zero attached hydrogens (tertiary/aromatic N) is 2. The lowest BCUT2D eigenvalue weighted by molar-refractivity contribution is -0.127. The van der Waals surface area contributed by atoms with Gasteiger partial charge >= 0.3 is 0 Å². The summed E-state index contributed by atoms with van der Waals surface area (Å²) in [4.78, 5) is 17.5. The van der Waals surface area contributed by atoms with Crippen molar-refractivity contribution in [1.82, 2.24) is 15.5 Å². The Morgan fingerprint density at radius 1 is 1.23 bits per heavy atom. The average Bonchev–Trinajstić information content (AvgIpc) is 3.37. The van der Waals surface area contributed by atoms with Crippen molar-refractivity contribution in [1.29, 1.82) is 0 Å². The molecule has 0 spiro atoms. The number of carbonyl (C=O) groups excluding carboxylic acids is 1. The van der Waals surface area contributed by atoms with Crippen molar-refractivity contribution in [3.63, 3.8) is 0 Å². The van der Waals surface area contributed by atoms with Crippen LogP contribution in [0.3, 0.4) is 0 Å². The van der Waals surface area contributed by atoms with Crippen LogP contribution in [0.1, 0.15) is 51.3 Å². The fourth-order valence-electron chi connectivity index (χ4n) is 4.70. The Morgan fingerprint density at radius 3 is 2.77 bits per heavy atom. The number of hydrogen-bond donors (Lipinski definition) is 1. The van der Waals surface area contributed by atoms with Crippen molar-refractivity contribution in [2.24, 2.45) is 23.7 Å². The highest BCUT2D eigenvalue weighted by molar-refractivity contribution is 5.80. The zero-order chi connectivity index (χ0) is 18.1. The van der Waals surface area contributed by atoms with Gasteiger partial charge < -0.3 is 9.84 Å². The highest BCUT2D eigenvalue weighted by Gasteiger charge is 2.53. The second kappa shape index (κ2) is 7.22. The summed E-state index contributed by atoms with van der Waals surface area (Å²) in [6.45, 7) is 5.10. The van der Waals surface area contributed by atoms with E-state index in [1.807, 2.05) is 30.3 Å². The molecule has 4 rings (SSSR count). The third kappa shape index (κ3) is 3.27. The molecule has 1 N–H and O–H groups in total. The van der Waals surface area contributed by atoms with Crippen LogP contribution in [0, 0.1) is 23.7 Å². The highest BCUT2D eigenvalue weighted by atomic mass is 16.5. The molecule has 5 nitrogen and oxygen atoms in total. The molecule has 2 aliphatic rings. The molecule has 5 heteroatoms. The van der Waals surface area contributed by atoms with E-state index in [0.29, 0.717) is 29.5 Å². The molecule has 0 aliphatic heterocycles. The SMILES string of the molecule is CC(C)CCNC(=O)[C@H]1[C@H]2CC[C@H](C2)[C@@H]1c1nc(-c2ccccc2)no1. The van der Waals surface area contributed by atoms with Gasteiger partial charge in [0.2, 0.25) is 17.6 Å². The molecule has 1 heterocycles. The van der Waals surface area contributed by atoms with Crippen molar-refractivity contribution >= 4 is 5.91 Å². The van der Waals surface area contributed by atoms with Crippen LogP contribution >= 0.6 is 0 Å². The maximum atomic E-state index is 12.9. The monoisotopic (exact) mass is 353 g/mol. The molecule has 2 aromatic rings. The summed E-state index contributed by atoms with van der Waals surface area (Å²) < 4.78 is 5.64. The fourth-order valence-corrected chi connectivity index (χ4v) is 4.70. The van der Waals surface area contributed by atoms with Crippen molar-refractivity contribution in [3.05, 3.63) is 36.2 Å². The molecule has 26 heavy (non-hydrogen) atoms. The fraction of sp³-hybridized carbons (Fsp3) is 0.571. The van der Waals surface area contributed by atoms with Gasteiger partial charge in [-0.25, -0.2) is 0 Å². The number of nitrogens with one attached hydrogen (secondary N) is 1. The van der Waals surface area contributed by atoms with Crippen LogP contribution in [0.25, 0.3) is 11.4 Å². The van der Waals surface area contributed by atoms with Crippen LogP contribution in [-0.2, 0) is 4.79 Å². The van der Waals surface area contributed by atoms with Gasteiger partial charge in [-0.2, -0.15) is 4.98 Å². The summed E-state index contributed by atoms with van der Waals surface area (Å²) in [5.74, 6) is 3.00. The molecule has 2 aliphatic carbocycles. The summed E-state index contributed by atoms with van der Waals surface area (Å²) in [6.07, 6.45) is 4.42. The Bertz CT molecular complexity index is 756. The molecule has 2 bridgehead atoms. The molecule has 1 aromatic carbocycles. The van der Waals surface area contributed by atoms with Crippen molar-refractivity contribution in [3.8, 4) is 11.4 Å². The van der Waals surface area contributed by atoms with Gasteiger partial charge in [0.1, 0.15) is 0 Å². The number of hydrogen-bond acceptors (Lipinski definition) is 4. The minimum atomic E-state index is -0.0232. The Kier molecular flexibility index (Phi) is 4.79. The van der Waals surface area contributed by atoms with Gasteiger partial charge in [0, 0.05) is 12.1 Å². The van der Waals surface area contributed by atoms with Crippen molar-refractivity contribution in [2.45, 2.75) is 45.4 Å². The summed E-state index contributed by atoms with van der Waals surface area (Å²) in [5.41, 5.74) is 0.948. The second-order valence-electron chi connectivity index (χ2n) is 8.18. The van der Waals surface area contributed by atoms with E-state index in [1.54, 1.807) is 0 Å². The first kappa shape index (κ1) is 17.3.